The molecule has 12 nitrogen and oxygen atoms in total. The lowest BCUT2D eigenvalue weighted by molar-refractivity contribution is -0.290. The molecule has 2 aliphatic rings. The van der Waals surface area contributed by atoms with Crippen LogP contribution in [0.3, 0.4) is 0 Å². The molecule has 0 unspecified atom stereocenters. The quantitative estimate of drug-likeness (QED) is 0.244. The van der Waals surface area contributed by atoms with Crippen molar-refractivity contribution in [2.75, 3.05) is 27.4 Å². The lowest BCUT2D eigenvalue weighted by atomic mass is 9.99. The lowest BCUT2D eigenvalue weighted by Gasteiger charge is -2.40. The van der Waals surface area contributed by atoms with E-state index >= 15 is 0 Å². The number of hydrogen-bond donors (Lipinski definition) is 6. The zero-order valence-electron chi connectivity index (χ0n) is 17.0. The van der Waals surface area contributed by atoms with E-state index in [1.165, 1.54) is 20.3 Å². The van der Waals surface area contributed by atoms with Crippen LogP contribution in [0.2, 0.25) is 0 Å². The fourth-order valence-corrected chi connectivity index (χ4v) is 3.37. The van der Waals surface area contributed by atoms with E-state index in [1.54, 1.807) is 12.1 Å². The molecule has 2 aliphatic heterocycles. The van der Waals surface area contributed by atoms with E-state index in [0.717, 1.165) is 0 Å². The Labute approximate surface area is 178 Å². The minimum absolute atomic E-state index is 0.244. The molecule has 31 heavy (non-hydrogen) atoms. The minimum atomic E-state index is -1.61. The highest BCUT2D eigenvalue weighted by Gasteiger charge is 2.47. The van der Waals surface area contributed by atoms with Crippen LogP contribution in [0.15, 0.2) is 18.2 Å². The summed E-state index contributed by atoms with van der Waals surface area (Å²) in [6.07, 6.45) is -12.3. The van der Waals surface area contributed by atoms with Crippen molar-refractivity contribution in [1.29, 1.82) is 0 Å². The average molecular weight is 448 g/mol. The Hall–Kier alpha value is -1.74. The molecule has 176 valence electrons. The lowest BCUT2D eigenvalue weighted by Crippen LogP contribution is -2.60. The SMILES string of the molecule is COc1ccc(O[C@@H]2O[C@H](CO[C@@H]3O[C@@H](CO)[C@H](O)[C@H]3O)[C@@H](O)[C@H](O)[C@H]2O)cc1OC. The third-order valence-corrected chi connectivity index (χ3v) is 5.20. The number of benzene rings is 1. The molecule has 0 aliphatic carbocycles. The van der Waals surface area contributed by atoms with Crippen molar-refractivity contribution in [2.45, 2.75) is 55.3 Å². The fourth-order valence-electron chi connectivity index (χ4n) is 3.37. The van der Waals surface area contributed by atoms with E-state index in [-0.39, 0.29) is 12.4 Å². The van der Waals surface area contributed by atoms with Gasteiger partial charge in [0.1, 0.15) is 48.5 Å². The van der Waals surface area contributed by atoms with Crippen molar-refractivity contribution < 1.29 is 59.1 Å². The molecular weight excluding hydrogens is 420 g/mol. The molecule has 0 spiro atoms. The standard InChI is InChI=1S/C19H28O12/c1-26-9-4-3-8(5-10(9)27-2)29-19-17(25)15(23)14(22)12(31-19)7-28-18-16(24)13(21)11(6-20)30-18/h3-5,11-25H,6-7H2,1-2H3/t11-,12+,13-,14+,15-,16+,17+,18+,19+/m0/s1. The van der Waals surface area contributed by atoms with E-state index in [4.69, 9.17) is 33.5 Å². The summed E-state index contributed by atoms with van der Waals surface area (Å²) in [6, 6.07) is 4.62. The molecule has 3 rings (SSSR count). The molecule has 12 heteroatoms. The van der Waals surface area contributed by atoms with Gasteiger partial charge in [-0.2, -0.15) is 0 Å². The molecule has 0 saturated carbocycles. The Morgan fingerprint density at radius 3 is 2.00 bits per heavy atom. The predicted molar refractivity (Wildman–Crippen MR) is 101 cm³/mol. The van der Waals surface area contributed by atoms with Gasteiger partial charge in [0.05, 0.1) is 27.4 Å². The van der Waals surface area contributed by atoms with E-state index in [2.05, 4.69) is 0 Å². The van der Waals surface area contributed by atoms with Crippen LogP contribution in [-0.2, 0) is 14.2 Å². The number of methoxy groups -OCH3 is 2. The normalized spacial score (nSPS) is 38.1. The van der Waals surface area contributed by atoms with Crippen molar-refractivity contribution in [1.82, 2.24) is 0 Å². The summed E-state index contributed by atoms with van der Waals surface area (Å²) in [6.45, 7) is -0.893. The molecule has 0 aromatic heterocycles. The topological polar surface area (TPSA) is 177 Å². The highest BCUT2D eigenvalue weighted by Crippen LogP contribution is 2.33. The first kappa shape index (κ1) is 23.9. The van der Waals surface area contributed by atoms with Gasteiger partial charge in [0.15, 0.2) is 17.8 Å². The molecule has 2 saturated heterocycles. The molecule has 9 atom stereocenters. The van der Waals surface area contributed by atoms with Gasteiger partial charge in [-0.15, -0.1) is 0 Å². The third kappa shape index (κ3) is 5.03. The van der Waals surface area contributed by atoms with Crippen molar-refractivity contribution in [3.8, 4) is 17.2 Å². The van der Waals surface area contributed by atoms with Gasteiger partial charge >= 0.3 is 0 Å². The molecule has 2 heterocycles. The van der Waals surface area contributed by atoms with Crippen molar-refractivity contribution in [3.05, 3.63) is 18.2 Å². The van der Waals surface area contributed by atoms with Crippen LogP contribution in [0, 0.1) is 0 Å². The Kier molecular flexibility index (Phi) is 7.91. The van der Waals surface area contributed by atoms with Gasteiger partial charge in [-0.05, 0) is 12.1 Å². The fraction of sp³-hybridized carbons (Fsp3) is 0.684. The van der Waals surface area contributed by atoms with Crippen LogP contribution in [-0.4, -0.2) is 113 Å². The van der Waals surface area contributed by atoms with E-state index in [0.29, 0.717) is 11.5 Å². The van der Waals surface area contributed by atoms with Gasteiger partial charge < -0.3 is 59.1 Å². The summed E-state index contributed by atoms with van der Waals surface area (Å²) in [7, 11) is 2.92. The summed E-state index contributed by atoms with van der Waals surface area (Å²) in [5.41, 5.74) is 0. The number of aliphatic hydroxyl groups excluding tert-OH is 6. The van der Waals surface area contributed by atoms with E-state index < -0.39 is 61.9 Å². The van der Waals surface area contributed by atoms with Crippen molar-refractivity contribution in [3.63, 3.8) is 0 Å². The third-order valence-electron chi connectivity index (χ3n) is 5.20. The highest BCUT2D eigenvalue weighted by molar-refractivity contribution is 5.45. The summed E-state index contributed by atoms with van der Waals surface area (Å²) in [5.74, 6) is 1.07. The maximum atomic E-state index is 10.3. The maximum Gasteiger partial charge on any atom is 0.229 e. The van der Waals surface area contributed by atoms with E-state index in [9.17, 15) is 25.5 Å². The van der Waals surface area contributed by atoms with Gasteiger partial charge in [0.25, 0.3) is 0 Å². The van der Waals surface area contributed by atoms with Crippen LogP contribution >= 0.6 is 0 Å². The van der Waals surface area contributed by atoms with Crippen LogP contribution in [0.5, 0.6) is 17.2 Å². The Balaban J connectivity index is 1.65. The molecule has 6 N–H and O–H groups in total. The van der Waals surface area contributed by atoms with Crippen molar-refractivity contribution in [2.24, 2.45) is 0 Å². The monoisotopic (exact) mass is 448 g/mol. The molecule has 1 aromatic rings. The van der Waals surface area contributed by atoms with E-state index in [1.807, 2.05) is 0 Å². The molecule has 0 radical (unpaired) electrons. The Bertz CT molecular complexity index is 717. The first-order valence-corrected chi connectivity index (χ1v) is 9.63. The van der Waals surface area contributed by atoms with Crippen LogP contribution in [0.4, 0.5) is 0 Å². The van der Waals surface area contributed by atoms with Crippen LogP contribution in [0.1, 0.15) is 0 Å². The summed E-state index contributed by atoms with van der Waals surface area (Å²) < 4.78 is 32.1. The first-order chi connectivity index (χ1) is 14.8. The zero-order chi connectivity index (χ0) is 22.7. The van der Waals surface area contributed by atoms with Crippen LogP contribution in [0.25, 0.3) is 0 Å². The van der Waals surface area contributed by atoms with Gasteiger partial charge in [-0.3, -0.25) is 0 Å². The highest BCUT2D eigenvalue weighted by atomic mass is 16.7. The first-order valence-electron chi connectivity index (χ1n) is 9.63. The summed E-state index contributed by atoms with van der Waals surface area (Å²) in [4.78, 5) is 0. The number of ether oxygens (including phenoxy) is 6. The molecule has 2 fully saturated rings. The second kappa shape index (κ2) is 10.3. The predicted octanol–water partition coefficient (Wildman–Crippen LogP) is -2.65. The Morgan fingerprint density at radius 1 is 0.774 bits per heavy atom. The minimum Gasteiger partial charge on any atom is -0.493 e. The van der Waals surface area contributed by atoms with Gasteiger partial charge in [0, 0.05) is 6.07 Å². The molecule has 1 aromatic carbocycles. The molecule has 0 bridgehead atoms. The summed E-state index contributed by atoms with van der Waals surface area (Å²) in [5, 5.41) is 59.5. The average Bonchev–Trinajstić information content (AvgIpc) is 3.06. The van der Waals surface area contributed by atoms with Gasteiger partial charge in [-0.1, -0.05) is 0 Å². The largest absolute Gasteiger partial charge is 0.493 e. The summed E-state index contributed by atoms with van der Waals surface area (Å²) >= 11 is 0. The number of rotatable bonds is 8. The number of aliphatic hydroxyl groups is 6. The molecule has 0 amide bonds. The zero-order valence-corrected chi connectivity index (χ0v) is 17.0. The second-order valence-corrected chi connectivity index (χ2v) is 7.19. The molecular formula is C19H28O12. The second-order valence-electron chi connectivity index (χ2n) is 7.19. The maximum absolute atomic E-state index is 10.3. The van der Waals surface area contributed by atoms with Crippen molar-refractivity contribution >= 4 is 0 Å². The Morgan fingerprint density at radius 2 is 1.39 bits per heavy atom. The van der Waals surface area contributed by atoms with Gasteiger partial charge in [0.2, 0.25) is 6.29 Å². The van der Waals surface area contributed by atoms with Crippen LogP contribution < -0.4 is 14.2 Å². The number of hydrogen-bond acceptors (Lipinski definition) is 12. The van der Waals surface area contributed by atoms with Gasteiger partial charge in [-0.25, -0.2) is 0 Å². The smallest absolute Gasteiger partial charge is 0.229 e.